The fourth-order valence-electron chi connectivity index (χ4n) is 3.77. The first-order valence-corrected chi connectivity index (χ1v) is 9.89. The number of nitrogens with one attached hydrogen (secondary N) is 1. The van der Waals surface area contributed by atoms with Crippen LogP contribution in [0.25, 0.3) is 10.9 Å². The number of ether oxygens (including phenoxy) is 4. The van der Waals surface area contributed by atoms with Crippen molar-refractivity contribution in [3.63, 3.8) is 0 Å². The number of rotatable bonds is 5. The maximum atomic E-state index is 13.8. The Balaban J connectivity index is 1.45. The Hall–Kier alpha value is -2.68. The number of aromatic nitrogens is 2. The van der Waals surface area contributed by atoms with Crippen LogP contribution in [0, 0.1) is 0 Å². The highest BCUT2D eigenvalue weighted by molar-refractivity contribution is 6.30. The van der Waals surface area contributed by atoms with Gasteiger partial charge in [-0.2, -0.15) is 0 Å². The molecule has 0 aliphatic carbocycles. The summed E-state index contributed by atoms with van der Waals surface area (Å²) in [5.74, 6) is 1.62. The lowest BCUT2D eigenvalue weighted by molar-refractivity contribution is 0.0271. The predicted molar refractivity (Wildman–Crippen MR) is 110 cm³/mol. The van der Waals surface area contributed by atoms with Gasteiger partial charge < -0.3 is 24.3 Å². The molecule has 2 aromatic carbocycles. The first kappa shape index (κ1) is 19.3. The summed E-state index contributed by atoms with van der Waals surface area (Å²) in [4.78, 5) is 8.71. The third-order valence-electron chi connectivity index (χ3n) is 5.25. The minimum absolute atomic E-state index is 0.0248. The number of anilines is 2. The van der Waals surface area contributed by atoms with E-state index in [1.54, 1.807) is 25.3 Å². The molecule has 2 fully saturated rings. The molecule has 2 aliphatic heterocycles. The van der Waals surface area contributed by atoms with Crippen molar-refractivity contribution < 1.29 is 23.3 Å². The molecule has 0 amide bonds. The van der Waals surface area contributed by atoms with Gasteiger partial charge in [-0.15, -0.1) is 0 Å². The van der Waals surface area contributed by atoms with Gasteiger partial charge >= 0.3 is 0 Å². The summed E-state index contributed by atoms with van der Waals surface area (Å²) in [6.07, 6.45) is -1.10. The van der Waals surface area contributed by atoms with Crippen LogP contribution in [0.5, 0.6) is 11.5 Å². The maximum absolute atomic E-state index is 13.8. The average Bonchev–Trinajstić information content (AvgIpc) is 3.32. The Bertz CT molecular complexity index is 1070. The van der Waals surface area contributed by atoms with Gasteiger partial charge in [0.15, 0.2) is 23.8 Å². The monoisotopic (exact) mass is 431 g/mol. The Morgan fingerprint density at radius 3 is 2.67 bits per heavy atom. The van der Waals surface area contributed by atoms with Crippen LogP contribution in [0.3, 0.4) is 0 Å². The highest BCUT2D eigenvalue weighted by Gasteiger charge is 2.49. The molecule has 7 nitrogen and oxygen atoms in total. The zero-order chi connectivity index (χ0) is 20.7. The lowest BCUT2D eigenvalue weighted by Crippen LogP contribution is -2.33. The van der Waals surface area contributed by atoms with E-state index in [2.05, 4.69) is 15.3 Å². The number of hydrogen-bond acceptors (Lipinski definition) is 7. The number of halogens is 2. The highest BCUT2D eigenvalue weighted by atomic mass is 35.5. The molecular formula is C21H19ClFN3O4. The fraction of sp³-hybridized carbons (Fsp3) is 0.333. The number of nitrogens with zero attached hydrogens (tertiary/aromatic N) is 2. The second-order valence-electron chi connectivity index (χ2n) is 7.14. The number of methoxy groups -OCH3 is 1. The maximum Gasteiger partial charge on any atom is 0.164 e. The van der Waals surface area contributed by atoms with Gasteiger partial charge in [0.05, 0.1) is 25.8 Å². The fourth-order valence-corrected chi connectivity index (χ4v) is 3.89. The van der Waals surface area contributed by atoms with Gasteiger partial charge in [0.25, 0.3) is 0 Å². The quantitative estimate of drug-likeness (QED) is 0.656. The summed E-state index contributed by atoms with van der Waals surface area (Å²) >= 11 is 5.96. The molecule has 0 spiro atoms. The zero-order valence-electron chi connectivity index (χ0n) is 16.0. The molecule has 2 unspecified atom stereocenters. The van der Waals surface area contributed by atoms with Gasteiger partial charge in [0.1, 0.15) is 24.4 Å². The summed E-state index contributed by atoms with van der Waals surface area (Å²) in [5, 5.41) is 4.68. The summed E-state index contributed by atoms with van der Waals surface area (Å²) < 4.78 is 36.5. The van der Waals surface area contributed by atoms with Crippen LogP contribution >= 0.6 is 11.6 Å². The van der Waals surface area contributed by atoms with Gasteiger partial charge in [-0.1, -0.05) is 11.6 Å². The molecule has 30 heavy (non-hydrogen) atoms. The van der Waals surface area contributed by atoms with E-state index in [1.165, 1.54) is 6.33 Å². The van der Waals surface area contributed by atoms with Crippen LogP contribution in [0.4, 0.5) is 15.9 Å². The molecule has 0 saturated carbocycles. The lowest BCUT2D eigenvalue weighted by Gasteiger charge is -2.20. The topological polar surface area (TPSA) is 74.7 Å². The molecule has 156 valence electrons. The minimum atomic E-state index is -1.13. The standard InChI is InChI=1S/C21H19ClFN3O4/c1-27-16-6-13-15(24-10-25-21(13)26-12-4-2-11(22)3-5-12)7-17(16)30-18-9-29-19-14(23)8-28-20(18)19/h2-7,10,14,18-20H,8-9H2,1H3,(H,24,25,26)/t14?,18?,19-,20-/m0/s1. The van der Waals surface area contributed by atoms with Crippen LogP contribution in [0.15, 0.2) is 42.7 Å². The van der Waals surface area contributed by atoms with Gasteiger partial charge in [0, 0.05) is 22.2 Å². The molecule has 4 atom stereocenters. The van der Waals surface area contributed by atoms with E-state index in [4.69, 9.17) is 30.5 Å². The van der Waals surface area contributed by atoms with Crippen molar-refractivity contribution >= 4 is 34.0 Å². The van der Waals surface area contributed by atoms with Crippen LogP contribution in [0.1, 0.15) is 0 Å². The zero-order valence-corrected chi connectivity index (χ0v) is 16.8. The Morgan fingerprint density at radius 2 is 1.87 bits per heavy atom. The number of hydrogen-bond donors (Lipinski definition) is 1. The van der Waals surface area contributed by atoms with E-state index in [0.29, 0.717) is 27.9 Å². The van der Waals surface area contributed by atoms with Gasteiger partial charge in [0.2, 0.25) is 0 Å². The molecule has 5 rings (SSSR count). The first-order valence-electron chi connectivity index (χ1n) is 9.51. The molecular weight excluding hydrogens is 413 g/mol. The third-order valence-corrected chi connectivity index (χ3v) is 5.51. The molecule has 9 heteroatoms. The summed E-state index contributed by atoms with van der Waals surface area (Å²) in [5.41, 5.74) is 1.51. The number of fused-ring (bicyclic) bond motifs is 2. The van der Waals surface area contributed by atoms with E-state index in [1.807, 2.05) is 18.2 Å². The molecule has 1 N–H and O–H groups in total. The normalized spacial score (nSPS) is 25.3. The van der Waals surface area contributed by atoms with Crippen molar-refractivity contribution in [2.45, 2.75) is 24.5 Å². The Labute approximate surface area is 177 Å². The Kier molecular flexibility index (Phi) is 5.06. The molecule has 3 aromatic rings. The van der Waals surface area contributed by atoms with Crippen LogP contribution in [-0.2, 0) is 9.47 Å². The predicted octanol–water partition coefficient (Wildman–Crippen LogP) is 3.92. The van der Waals surface area contributed by atoms with Crippen molar-refractivity contribution in [3.05, 3.63) is 47.7 Å². The largest absolute Gasteiger partial charge is 0.493 e. The second kappa shape index (κ2) is 7.86. The van der Waals surface area contributed by atoms with Crippen molar-refractivity contribution in [2.75, 3.05) is 25.6 Å². The van der Waals surface area contributed by atoms with Crippen LogP contribution in [-0.4, -0.2) is 54.8 Å². The van der Waals surface area contributed by atoms with Gasteiger partial charge in [-0.25, -0.2) is 14.4 Å². The first-order chi connectivity index (χ1) is 14.6. The van der Waals surface area contributed by atoms with E-state index in [9.17, 15) is 4.39 Å². The molecule has 2 aliphatic rings. The highest BCUT2D eigenvalue weighted by Crippen LogP contribution is 2.38. The second-order valence-corrected chi connectivity index (χ2v) is 7.58. The molecule has 2 saturated heterocycles. The molecule has 1 aromatic heterocycles. The van der Waals surface area contributed by atoms with E-state index in [0.717, 1.165) is 11.1 Å². The van der Waals surface area contributed by atoms with Crippen LogP contribution < -0.4 is 14.8 Å². The SMILES string of the molecule is COc1cc2c(Nc3ccc(Cl)cc3)ncnc2cc1OC1CO[C@H]2C(F)CO[C@@H]12. The van der Waals surface area contributed by atoms with Crippen molar-refractivity contribution in [1.82, 2.24) is 9.97 Å². The molecule has 3 heterocycles. The number of alkyl halides is 1. The lowest BCUT2D eigenvalue weighted by atomic mass is 10.1. The van der Waals surface area contributed by atoms with E-state index in [-0.39, 0.29) is 13.2 Å². The Morgan fingerprint density at radius 1 is 1.07 bits per heavy atom. The van der Waals surface area contributed by atoms with Crippen molar-refractivity contribution in [3.8, 4) is 11.5 Å². The van der Waals surface area contributed by atoms with Gasteiger partial charge in [-0.3, -0.25) is 0 Å². The van der Waals surface area contributed by atoms with Crippen molar-refractivity contribution in [2.24, 2.45) is 0 Å². The third kappa shape index (κ3) is 3.51. The molecule has 0 bridgehead atoms. The van der Waals surface area contributed by atoms with E-state index < -0.39 is 24.5 Å². The summed E-state index contributed by atoms with van der Waals surface area (Å²) in [6, 6.07) is 10.9. The van der Waals surface area contributed by atoms with E-state index >= 15 is 0 Å². The number of benzene rings is 2. The summed E-state index contributed by atoms with van der Waals surface area (Å²) in [7, 11) is 1.56. The van der Waals surface area contributed by atoms with Crippen molar-refractivity contribution in [1.29, 1.82) is 0 Å². The average molecular weight is 432 g/mol. The van der Waals surface area contributed by atoms with Gasteiger partial charge in [-0.05, 0) is 30.3 Å². The molecule has 0 radical (unpaired) electrons. The van der Waals surface area contributed by atoms with Crippen LogP contribution in [0.2, 0.25) is 5.02 Å². The smallest absolute Gasteiger partial charge is 0.164 e. The minimum Gasteiger partial charge on any atom is -0.493 e. The summed E-state index contributed by atoms with van der Waals surface area (Å²) in [6.45, 7) is 0.279.